The van der Waals surface area contributed by atoms with Gasteiger partial charge in [-0.2, -0.15) is 0 Å². The van der Waals surface area contributed by atoms with Crippen LogP contribution in [0.2, 0.25) is 0 Å². The molecule has 6 nitrogen and oxygen atoms in total. The normalized spacial score (nSPS) is 15.1. The van der Waals surface area contributed by atoms with Crippen LogP contribution in [0, 0.1) is 0 Å². The van der Waals surface area contributed by atoms with E-state index in [1.54, 1.807) is 24.3 Å². The summed E-state index contributed by atoms with van der Waals surface area (Å²) in [5, 5.41) is 0. The Hall–Kier alpha value is -12.6. The largest absolute Gasteiger partial charge is 0.490 e. The van der Waals surface area contributed by atoms with Crippen molar-refractivity contribution in [3.05, 3.63) is 434 Å². The van der Waals surface area contributed by atoms with Crippen molar-refractivity contribution in [1.82, 2.24) is 0 Å². The summed E-state index contributed by atoms with van der Waals surface area (Å²) in [6.45, 7) is 20.4. The average molecular weight is 1300 g/mol. The van der Waals surface area contributed by atoms with Crippen molar-refractivity contribution in [2.45, 2.75) is 24.7 Å². The van der Waals surface area contributed by atoms with Gasteiger partial charge in [0.25, 0.3) is 0 Å². The zero-order valence-corrected chi connectivity index (χ0v) is 56.3. The summed E-state index contributed by atoms with van der Waals surface area (Å²) in [5.41, 5.74) is 20.7. The summed E-state index contributed by atoms with van der Waals surface area (Å²) < 4.78 is 25.0. The highest BCUT2D eigenvalue weighted by atomic mass is 16.5. The lowest BCUT2D eigenvalue weighted by atomic mass is 9.67. The molecule has 0 N–H and O–H groups in total. The number of anilines is 6. The highest BCUT2D eigenvalue weighted by molar-refractivity contribution is 5.92. The molecule has 2 aliphatic rings. The third kappa shape index (κ3) is 12.2. The zero-order chi connectivity index (χ0) is 68.4. The summed E-state index contributed by atoms with van der Waals surface area (Å²) >= 11 is 0. The number of nitrogens with zero attached hydrogens (tertiary/aromatic N) is 2. The van der Waals surface area contributed by atoms with Gasteiger partial charge >= 0.3 is 0 Å². The molecule has 0 fully saturated rings. The van der Waals surface area contributed by atoms with E-state index in [0.717, 1.165) is 90.5 Å². The SMILES string of the molecule is C=C/C=C(\C=C/C)Oc1ccc(C2(c3ccc(OCC=C)cc3)c3ccccc3-c3ccc(N(c4ccccc4)c4ccc(-c5ccc(N(c6ccccc6)c6ccc7c(c6)C(c6ccc(OCC=C)cc6)(c6ccc(OC(/C=C\C)=C/C=C)cc6)c6ccccc6-7)cc5)cc4)cc32)cc1. The number of fused-ring (bicyclic) bond motifs is 6. The molecule has 0 saturated carbocycles. The van der Waals surface area contributed by atoms with Gasteiger partial charge in [-0.25, -0.2) is 0 Å². The first kappa shape index (κ1) is 64.7. The molecule has 0 radical (unpaired) electrons. The maximum Gasteiger partial charge on any atom is 0.127 e. The van der Waals surface area contributed by atoms with Crippen LogP contribution in [0.4, 0.5) is 34.1 Å². The number of hydrogen-bond acceptors (Lipinski definition) is 6. The first-order valence-corrected chi connectivity index (χ1v) is 33.9. The minimum Gasteiger partial charge on any atom is -0.490 e. The lowest BCUT2D eigenvalue weighted by molar-refractivity contribution is 0.363. The number of ether oxygens (including phenoxy) is 4. The Kier molecular flexibility index (Phi) is 18.7. The van der Waals surface area contributed by atoms with E-state index in [0.29, 0.717) is 24.7 Å². The molecule has 100 heavy (non-hydrogen) atoms. The van der Waals surface area contributed by atoms with Gasteiger partial charge in [-0.1, -0.05) is 233 Å². The lowest BCUT2D eigenvalue weighted by Gasteiger charge is -2.35. The second-order valence-corrected chi connectivity index (χ2v) is 24.6. The molecule has 14 rings (SSSR count). The van der Waals surface area contributed by atoms with Crippen LogP contribution in [-0.2, 0) is 10.8 Å². The fourth-order valence-electron chi connectivity index (χ4n) is 14.6. The van der Waals surface area contributed by atoms with Crippen molar-refractivity contribution in [1.29, 1.82) is 0 Å². The van der Waals surface area contributed by atoms with Crippen molar-refractivity contribution < 1.29 is 18.9 Å². The molecule has 2 aliphatic carbocycles. The van der Waals surface area contributed by atoms with Crippen molar-refractivity contribution in [3.63, 3.8) is 0 Å². The summed E-state index contributed by atoms with van der Waals surface area (Å²) in [7, 11) is 0. The number of para-hydroxylation sites is 2. The predicted molar refractivity (Wildman–Crippen MR) is 415 cm³/mol. The minimum atomic E-state index is -0.732. The average Bonchev–Trinajstić information content (AvgIpc) is 1.53. The summed E-state index contributed by atoms with van der Waals surface area (Å²) in [6.07, 6.45) is 18.6. The van der Waals surface area contributed by atoms with Gasteiger partial charge in [0.2, 0.25) is 0 Å². The third-order valence-electron chi connectivity index (χ3n) is 18.8. The Morgan fingerprint density at radius 1 is 0.320 bits per heavy atom. The Labute approximate surface area is 588 Å². The topological polar surface area (TPSA) is 43.4 Å². The summed E-state index contributed by atoms with van der Waals surface area (Å²) in [4.78, 5) is 4.73. The van der Waals surface area contributed by atoms with Gasteiger partial charge in [-0.3, -0.25) is 0 Å². The highest BCUT2D eigenvalue weighted by Gasteiger charge is 2.48. The standard InChI is InChI=1S/C94H76N2O4/c1-7-23-81(24-8-2)99-83-57-43-71(44-58-83)93(69-39-53-79(54-40-69)97-63-11-5)89-33-21-19-31-85(89)87-61-51-77(65-91(87)93)95(73-27-15-13-16-28-73)75-47-35-67(36-48-75)68-37-49-76(50-38-68)96(74-29-17-14-18-30-74)78-52-62-88-86-32-20-22-34-90(86)94(92(88)66-78,70-41-55-80(56-42-70)98-64-12-6)72-45-59-84(60-46-72)100-82(25-9-3)26-10-4/h7-62,65-66H,1,3,5-6,63-64H2,2,4H3/b24-8-,26-10-,81-23+,82-25+. The van der Waals surface area contributed by atoms with E-state index in [1.165, 1.54) is 44.5 Å². The molecule has 0 aromatic heterocycles. The van der Waals surface area contributed by atoms with E-state index in [-0.39, 0.29) is 0 Å². The third-order valence-corrected chi connectivity index (χ3v) is 18.8. The first-order chi connectivity index (χ1) is 49.3. The molecule has 2 atom stereocenters. The zero-order valence-electron chi connectivity index (χ0n) is 56.3. The fraction of sp³-hybridized carbons (Fsp3) is 0.0638. The van der Waals surface area contributed by atoms with Gasteiger partial charge in [-0.05, 0) is 237 Å². The van der Waals surface area contributed by atoms with E-state index in [2.05, 4.69) is 327 Å². The summed E-state index contributed by atoms with van der Waals surface area (Å²) in [5.74, 6) is 4.41. The van der Waals surface area contributed by atoms with Crippen LogP contribution in [0.25, 0.3) is 33.4 Å². The molecular weight excluding hydrogens is 1220 g/mol. The highest BCUT2D eigenvalue weighted by Crippen LogP contribution is 2.60. The van der Waals surface area contributed by atoms with Gasteiger partial charge in [-0.15, -0.1) is 0 Å². The molecule has 0 amide bonds. The monoisotopic (exact) mass is 1300 g/mol. The van der Waals surface area contributed by atoms with Gasteiger partial charge < -0.3 is 28.7 Å². The second kappa shape index (κ2) is 29.0. The molecular formula is C94H76N2O4. The first-order valence-electron chi connectivity index (χ1n) is 33.9. The van der Waals surface area contributed by atoms with E-state index in [9.17, 15) is 0 Å². The molecule has 6 heteroatoms. The minimum absolute atomic E-state index is 0.413. The predicted octanol–water partition coefficient (Wildman–Crippen LogP) is 24.2. The van der Waals surface area contributed by atoms with Crippen LogP contribution >= 0.6 is 0 Å². The molecule has 2 unspecified atom stereocenters. The smallest absolute Gasteiger partial charge is 0.127 e. The molecule has 0 spiro atoms. The lowest BCUT2D eigenvalue weighted by Crippen LogP contribution is -2.28. The molecule has 0 aliphatic heterocycles. The molecule has 12 aromatic rings. The Balaban J connectivity index is 0.838. The fourth-order valence-corrected chi connectivity index (χ4v) is 14.6. The van der Waals surface area contributed by atoms with E-state index in [4.69, 9.17) is 18.9 Å². The number of benzene rings is 12. The maximum atomic E-state index is 6.41. The second-order valence-electron chi connectivity index (χ2n) is 24.6. The van der Waals surface area contributed by atoms with Crippen LogP contribution in [0.15, 0.2) is 390 Å². The van der Waals surface area contributed by atoms with Gasteiger partial charge in [0.05, 0.1) is 10.8 Å². The van der Waals surface area contributed by atoms with Crippen molar-refractivity contribution >= 4 is 34.1 Å². The number of rotatable bonds is 25. The molecule has 0 bridgehead atoms. The van der Waals surface area contributed by atoms with Gasteiger partial charge in [0, 0.05) is 34.1 Å². The van der Waals surface area contributed by atoms with Crippen LogP contribution in [0.5, 0.6) is 23.0 Å². The van der Waals surface area contributed by atoms with Crippen molar-refractivity contribution in [2.24, 2.45) is 0 Å². The van der Waals surface area contributed by atoms with E-state index in [1.807, 2.05) is 50.3 Å². The molecule has 0 saturated heterocycles. The van der Waals surface area contributed by atoms with Crippen molar-refractivity contribution in [2.75, 3.05) is 23.0 Å². The number of hydrogen-bond donors (Lipinski definition) is 0. The van der Waals surface area contributed by atoms with Crippen molar-refractivity contribution in [3.8, 4) is 56.4 Å². The van der Waals surface area contributed by atoms with Gasteiger partial charge in [0.15, 0.2) is 0 Å². The molecule has 486 valence electrons. The Morgan fingerprint density at radius 3 is 0.970 bits per heavy atom. The van der Waals surface area contributed by atoms with Crippen LogP contribution in [-0.4, -0.2) is 13.2 Å². The molecule has 0 heterocycles. The van der Waals surface area contributed by atoms with E-state index < -0.39 is 10.8 Å². The van der Waals surface area contributed by atoms with Crippen LogP contribution < -0.4 is 28.7 Å². The van der Waals surface area contributed by atoms with Gasteiger partial charge in [0.1, 0.15) is 47.7 Å². The molecule has 12 aromatic carbocycles. The quantitative estimate of drug-likeness (QED) is 0.0323. The van der Waals surface area contributed by atoms with Crippen LogP contribution in [0.3, 0.4) is 0 Å². The number of allylic oxidation sites excluding steroid dienone is 8. The van der Waals surface area contributed by atoms with Crippen LogP contribution in [0.1, 0.15) is 58.4 Å². The maximum absolute atomic E-state index is 6.41. The summed E-state index contributed by atoms with van der Waals surface area (Å²) in [6, 6.07) is 105. The Morgan fingerprint density at radius 2 is 0.630 bits per heavy atom. The van der Waals surface area contributed by atoms with E-state index >= 15 is 0 Å². The Bertz CT molecular complexity index is 4750.